The minimum absolute atomic E-state index is 0.180. The van der Waals surface area contributed by atoms with Crippen LogP contribution in [0.4, 0.5) is 13.2 Å². The van der Waals surface area contributed by atoms with E-state index in [4.69, 9.17) is 0 Å². The topological polar surface area (TPSA) is 0 Å². The summed E-state index contributed by atoms with van der Waals surface area (Å²) in [5.74, 6) is 0. The minimum atomic E-state index is -4.09. The Morgan fingerprint density at radius 1 is 1.25 bits per heavy atom. The van der Waals surface area contributed by atoms with E-state index in [2.05, 4.69) is 12.6 Å². The zero-order valence-corrected chi connectivity index (χ0v) is 4.89. The van der Waals surface area contributed by atoms with Crippen molar-refractivity contribution in [2.75, 3.05) is 0 Å². The molecule has 1 aliphatic rings. The molecule has 0 aromatic carbocycles. The van der Waals surface area contributed by atoms with Gasteiger partial charge in [-0.25, -0.2) is 0 Å². The monoisotopic (exact) mass is 142 g/mol. The van der Waals surface area contributed by atoms with Crippen LogP contribution < -0.4 is 0 Å². The molecule has 0 amide bonds. The first kappa shape index (κ1) is 6.26. The van der Waals surface area contributed by atoms with Crippen molar-refractivity contribution in [1.82, 2.24) is 0 Å². The van der Waals surface area contributed by atoms with Gasteiger partial charge in [0.1, 0.15) is 4.75 Å². The Balaban J connectivity index is 2.58. The van der Waals surface area contributed by atoms with Crippen LogP contribution in [0.5, 0.6) is 0 Å². The van der Waals surface area contributed by atoms with E-state index in [1.165, 1.54) is 0 Å². The van der Waals surface area contributed by atoms with E-state index in [1.54, 1.807) is 0 Å². The van der Waals surface area contributed by atoms with Gasteiger partial charge in [-0.2, -0.15) is 25.8 Å². The summed E-state index contributed by atoms with van der Waals surface area (Å²) >= 11 is 3.42. The Labute approximate surface area is 50.5 Å². The molecule has 0 heterocycles. The molecule has 0 spiro atoms. The molecule has 4 heteroatoms. The number of thiol groups is 1. The van der Waals surface area contributed by atoms with Gasteiger partial charge in [0.15, 0.2) is 0 Å². The van der Waals surface area contributed by atoms with Crippen molar-refractivity contribution in [3.8, 4) is 0 Å². The quantitative estimate of drug-likeness (QED) is 0.491. The predicted octanol–water partition coefficient (Wildman–Crippen LogP) is 2.01. The van der Waals surface area contributed by atoms with Gasteiger partial charge in [-0.05, 0) is 12.8 Å². The largest absolute Gasteiger partial charge is 0.402 e. The highest BCUT2D eigenvalue weighted by Crippen LogP contribution is 2.53. The molecule has 1 saturated carbocycles. The third-order valence-corrected chi connectivity index (χ3v) is 1.95. The van der Waals surface area contributed by atoms with Gasteiger partial charge in [-0.15, -0.1) is 0 Å². The fraction of sp³-hybridized carbons (Fsp3) is 1.00. The third kappa shape index (κ3) is 0.811. The van der Waals surface area contributed by atoms with Crippen LogP contribution in [0.2, 0.25) is 0 Å². The first-order valence-electron chi connectivity index (χ1n) is 2.25. The number of rotatable bonds is 0. The third-order valence-electron chi connectivity index (χ3n) is 1.25. The van der Waals surface area contributed by atoms with E-state index in [1.807, 2.05) is 0 Å². The Hall–Kier alpha value is 0.140. The van der Waals surface area contributed by atoms with E-state index >= 15 is 0 Å². The Morgan fingerprint density at radius 3 is 1.62 bits per heavy atom. The average molecular weight is 142 g/mol. The van der Waals surface area contributed by atoms with Crippen LogP contribution in [0.15, 0.2) is 0 Å². The molecule has 8 heavy (non-hydrogen) atoms. The lowest BCUT2D eigenvalue weighted by Crippen LogP contribution is -2.24. The van der Waals surface area contributed by atoms with Crippen LogP contribution in [0, 0.1) is 0 Å². The number of hydrogen-bond acceptors (Lipinski definition) is 1. The minimum Gasteiger partial charge on any atom is -0.170 e. The second-order valence-electron chi connectivity index (χ2n) is 2.03. The first-order valence-corrected chi connectivity index (χ1v) is 2.69. The van der Waals surface area contributed by atoms with Crippen LogP contribution in [-0.4, -0.2) is 10.9 Å². The predicted molar refractivity (Wildman–Crippen MR) is 27.0 cm³/mol. The molecule has 1 aliphatic carbocycles. The summed E-state index contributed by atoms with van der Waals surface area (Å²) in [5.41, 5.74) is 0. The van der Waals surface area contributed by atoms with Gasteiger partial charge in [-0.1, -0.05) is 0 Å². The second kappa shape index (κ2) is 1.35. The molecule has 0 aromatic heterocycles. The van der Waals surface area contributed by atoms with E-state index in [0.29, 0.717) is 0 Å². The lowest BCUT2D eigenvalue weighted by Gasteiger charge is -2.10. The Bertz CT molecular complexity index is 99.1. The van der Waals surface area contributed by atoms with Gasteiger partial charge in [0, 0.05) is 0 Å². The lowest BCUT2D eigenvalue weighted by atomic mass is 10.4. The van der Waals surface area contributed by atoms with Gasteiger partial charge in [-0.3, -0.25) is 0 Å². The highest BCUT2D eigenvalue weighted by Gasteiger charge is 2.60. The highest BCUT2D eigenvalue weighted by atomic mass is 32.1. The molecule has 0 nitrogen and oxygen atoms in total. The standard InChI is InChI=1S/C4H5F3S/c5-4(6,7)3(8)1-2-3/h8H,1-2H2. The van der Waals surface area contributed by atoms with Crippen molar-refractivity contribution in [3.05, 3.63) is 0 Å². The van der Waals surface area contributed by atoms with Gasteiger partial charge in [0.25, 0.3) is 0 Å². The van der Waals surface area contributed by atoms with Gasteiger partial charge in [0.2, 0.25) is 0 Å². The maximum Gasteiger partial charge on any atom is 0.402 e. The molecular formula is C4H5F3S. The van der Waals surface area contributed by atoms with E-state index < -0.39 is 10.9 Å². The molecule has 0 radical (unpaired) electrons. The fourth-order valence-corrected chi connectivity index (χ4v) is 0.514. The summed E-state index contributed by atoms with van der Waals surface area (Å²) < 4.78 is 33.0. The number of hydrogen-bond donors (Lipinski definition) is 1. The molecule has 0 bridgehead atoms. The normalized spacial score (nSPS) is 25.5. The van der Waals surface area contributed by atoms with E-state index in [0.717, 1.165) is 0 Å². The van der Waals surface area contributed by atoms with Crippen LogP contribution >= 0.6 is 12.6 Å². The van der Waals surface area contributed by atoms with Crippen molar-refractivity contribution >= 4 is 12.6 Å². The van der Waals surface area contributed by atoms with Crippen LogP contribution in [0.1, 0.15) is 12.8 Å². The first-order chi connectivity index (χ1) is 3.46. The van der Waals surface area contributed by atoms with Crippen LogP contribution in [-0.2, 0) is 0 Å². The maximum absolute atomic E-state index is 11.5. The van der Waals surface area contributed by atoms with Crippen molar-refractivity contribution in [1.29, 1.82) is 0 Å². The van der Waals surface area contributed by atoms with Gasteiger partial charge in [0.05, 0.1) is 0 Å². The smallest absolute Gasteiger partial charge is 0.170 e. The molecule has 1 rings (SSSR count). The highest BCUT2D eigenvalue weighted by molar-refractivity contribution is 7.82. The van der Waals surface area contributed by atoms with E-state index in [9.17, 15) is 13.2 Å². The SMILES string of the molecule is FC(F)(F)C1(S)CC1. The molecule has 0 aliphatic heterocycles. The molecule has 48 valence electrons. The summed E-state index contributed by atoms with van der Waals surface area (Å²) in [6.07, 6.45) is -3.73. The summed E-state index contributed by atoms with van der Waals surface area (Å²) in [6, 6.07) is 0. The van der Waals surface area contributed by atoms with Gasteiger partial charge >= 0.3 is 6.18 Å². The van der Waals surface area contributed by atoms with Crippen LogP contribution in [0.3, 0.4) is 0 Å². The molecular weight excluding hydrogens is 137 g/mol. The Morgan fingerprint density at radius 2 is 1.62 bits per heavy atom. The lowest BCUT2D eigenvalue weighted by molar-refractivity contribution is -0.135. The van der Waals surface area contributed by atoms with Gasteiger partial charge < -0.3 is 0 Å². The zero-order valence-electron chi connectivity index (χ0n) is 4.00. The average Bonchev–Trinajstić information content (AvgIpc) is 2.16. The van der Waals surface area contributed by atoms with Crippen molar-refractivity contribution in [2.45, 2.75) is 23.8 Å². The fourth-order valence-electron chi connectivity index (χ4n) is 0.402. The summed E-state index contributed by atoms with van der Waals surface area (Å²) in [4.78, 5) is 0. The molecule has 0 atom stereocenters. The summed E-state index contributed by atoms with van der Waals surface area (Å²) in [7, 11) is 0. The zero-order chi connectivity index (χ0) is 6.41. The molecule has 0 aromatic rings. The van der Waals surface area contributed by atoms with Crippen LogP contribution in [0.25, 0.3) is 0 Å². The Kier molecular flexibility index (Phi) is 1.05. The van der Waals surface area contributed by atoms with Crippen molar-refractivity contribution in [2.24, 2.45) is 0 Å². The van der Waals surface area contributed by atoms with E-state index in [-0.39, 0.29) is 12.8 Å². The second-order valence-corrected chi connectivity index (χ2v) is 2.89. The molecule has 0 N–H and O–H groups in total. The molecule has 1 fully saturated rings. The summed E-state index contributed by atoms with van der Waals surface area (Å²) in [6.45, 7) is 0. The summed E-state index contributed by atoms with van der Waals surface area (Å²) in [5, 5.41) is 0. The molecule has 0 saturated heterocycles. The number of alkyl halides is 3. The molecule has 0 unspecified atom stereocenters. The van der Waals surface area contributed by atoms with Crippen molar-refractivity contribution < 1.29 is 13.2 Å². The number of halogens is 3. The van der Waals surface area contributed by atoms with Crippen molar-refractivity contribution in [3.63, 3.8) is 0 Å². The maximum atomic E-state index is 11.5.